The molecule has 0 aromatic carbocycles. The van der Waals surface area contributed by atoms with Gasteiger partial charge in [-0.05, 0) is 13.0 Å². The molecule has 0 aliphatic rings. The number of nitrogens with one attached hydrogen (secondary N) is 1. The Kier molecular flexibility index (Phi) is 12.8. The summed E-state index contributed by atoms with van der Waals surface area (Å²) in [5.74, 6) is 0. The third-order valence-electron chi connectivity index (χ3n) is 2.19. The van der Waals surface area contributed by atoms with E-state index in [1.165, 1.54) is 6.42 Å². The molecule has 0 aliphatic carbocycles. The Bertz CT molecular complexity index is 127. The molecule has 0 amide bonds. The van der Waals surface area contributed by atoms with E-state index in [0.717, 1.165) is 19.6 Å². The zero-order valence-electron chi connectivity index (χ0n) is 11.0. The molecule has 98 valence electrons. The summed E-state index contributed by atoms with van der Waals surface area (Å²) in [7, 11) is 1.71. The van der Waals surface area contributed by atoms with E-state index in [2.05, 4.69) is 19.2 Å². The Labute approximate surface area is 99.6 Å². The lowest BCUT2D eigenvalue weighted by molar-refractivity contribution is 0.0271. The first-order chi connectivity index (χ1) is 7.85. The highest BCUT2D eigenvalue weighted by atomic mass is 16.5. The van der Waals surface area contributed by atoms with Gasteiger partial charge >= 0.3 is 0 Å². The second-order valence-corrected chi connectivity index (χ2v) is 3.75. The largest absolute Gasteiger partial charge is 0.383 e. The van der Waals surface area contributed by atoms with Gasteiger partial charge in [0.05, 0.1) is 32.5 Å². The summed E-state index contributed by atoms with van der Waals surface area (Å²) in [6, 6.07) is 0.283. The highest BCUT2D eigenvalue weighted by Gasteiger charge is 2.05. The Morgan fingerprint density at radius 1 is 1.00 bits per heavy atom. The van der Waals surface area contributed by atoms with Crippen LogP contribution < -0.4 is 5.32 Å². The number of rotatable bonds is 12. The van der Waals surface area contributed by atoms with Gasteiger partial charge in [-0.15, -0.1) is 0 Å². The van der Waals surface area contributed by atoms with E-state index in [1.54, 1.807) is 7.11 Å². The third kappa shape index (κ3) is 10.4. The van der Waals surface area contributed by atoms with Crippen molar-refractivity contribution in [2.24, 2.45) is 0 Å². The van der Waals surface area contributed by atoms with Crippen LogP contribution in [0.3, 0.4) is 0 Å². The molecule has 1 atom stereocenters. The fourth-order valence-corrected chi connectivity index (χ4v) is 1.35. The summed E-state index contributed by atoms with van der Waals surface area (Å²) in [5.41, 5.74) is 0. The van der Waals surface area contributed by atoms with Crippen LogP contribution in [0.4, 0.5) is 0 Å². The summed E-state index contributed by atoms with van der Waals surface area (Å²) < 4.78 is 16.0. The standard InChI is InChI=1S/C12H27NO3/c1-4-6-7-15-8-9-16-11-12(10-14-3)13-5-2/h12-13H,4-11H2,1-3H3. The van der Waals surface area contributed by atoms with Crippen molar-refractivity contribution in [3.8, 4) is 0 Å². The maximum absolute atomic E-state index is 5.51. The molecular formula is C12H27NO3. The first-order valence-corrected chi connectivity index (χ1v) is 6.22. The van der Waals surface area contributed by atoms with Crippen LogP contribution in [0.15, 0.2) is 0 Å². The van der Waals surface area contributed by atoms with Gasteiger partial charge in [-0.1, -0.05) is 20.3 Å². The maximum Gasteiger partial charge on any atom is 0.0701 e. The van der Waals surface area contributed by atoms with Crippen LogP contribution in [-0.4, -0.2) is 52.7 Å². The zero-order valence-corrected chi connectivity index (χ0v) is 11.0. The summed E-state index contributed by atoms with van der Waals surface area (Å²) in [5, 5.41) is 3.30. The van der Waals surface area contributed by atoms with Crippen LogP contribution in [0.2, 0.25) is 0 Å². The Morgan fingerprint density at radius 2 is 1.75 bits per heavy atom. The van der Waals surface area contributed by atoms with Gasteiger partial charge in [0, 0.05) is 13.7 Å². The second-order valence-electron chi connectivity index (χ2n) is 3.75. The normalized spacial score (nSPS) is 12.9. The van der Waals surface area contributed by atoms with Crippen molar-refractivity contribution in [3.63, 3.8) is 0 Å². The van der Waals surface area contributed by atoms with Gasteiger partial charge < -0.3 is 19.5 Å². The Morgan fingerprint density at radius 3 is 2.38 bits per heavy atom. The lowest BCUT2D eigenvalue weighted by atomic mass is 10.3. The molecule has 0 aromatic rings. The molecule has 1 N–H and O–H groups in total. The monoisotopic (exact) mass is 233 g/mol. The molecule has 0 aromatic heterocycles. The summed E-state index contributed by atoms with van der Waals surface area (Å²) in [6.07, 6.45) is 2.31. The van der Waals surface area contributed by atoms with Crippen molar-refractivity contribution >= 4 is 0 Å². The highest BCUT2D eigenvalue weighted by molar-refractivity contribution is 4.63. The van der Waals surface area contributed by atoms with E-state index < -0.39 is 0 Å². The molecule has 0 spiro atoms. The second kappa shape index (κ2) is 12.9. The van der Waals surface area contributed by atoms with Gasteiger partial charge in [-0.25, -0.2) is 0 Å². The fraction of sp³-hybridized carbons (Fsp3) is 1.00. The molecule has 0 bridgehead atoms. The number of ether oxygens (including phenoxy) is 3. The summed E-state index contributed by atoms with van der Waals surface area (Å²) >= 11 is 0. The minimum atomic E-state index is 0.283. The van der Waals surface area contributed by atoms with Gasteiger partial charge in [-0.2, -0.15) is 0 Å². The molecule has 1 unspecified atom stereocenters. The molecule has 4 nitrogen and oxygen atoms in total. The predicted molar refractivity (Wildman–Crippen MR) is 65.9 cm³/mol. The number of hydrogen-bond donors (Lipinski definition) is 1. The molecular weight excluding hydrogens is 206 g/mol. The van der Waals surface area contributed by atoms with E-state index in [1.807, 2.05) is 0 Å². The van der Waals surface area contributed by atoms with Crippen molar-refractivity contribution in [2.45, 2.75) is 32.7 Å². The van der Waals surface area contributed by atoms with E-state index in [-0.39, 0.29) is 6.04 Å². The topological polar surface area (TPSA) is 39.7 Å². The van der Waals surface area contributed by atoms with Crippen molar-refractivity contribution in [3.05, 3.63) is 0 Å². The Hall–Kier alpha value is -0.160. The van der Waals surface area contributed by atoms with Gasteiger partial charge in [0.1, 0.15) is 0 Å². The van der Waals surface area contributed by atoms with E-state index in [4.69, 9.17) is 14.2 Å². The third-order valence-corrected chi connectivity index (χ3v) is 2.19. The molecule has 16 heavy (non-hydrogen) atoms. The quantitative estimate of drug-likeness (QED) is 0.518. The lowest BCUT2D eigenvalue weighted by Gasteiger charge is -2.16. The number of likely N-dealkylation sites (N-methyl/N-ethyl adjacent to an activating group) is 1. The molecule has 0 aliphatic heterocycles. The van der Waals surface area contributed by atoms with E-state index >= 15 is 0 Å². The zero-order chi connectivity index (χ0) is 12.1. The number of hydrogen-bond acceptors (Lipinski definition) is 4. The van der Waals surface area contributed by atoms with Crippen LogP contribution in [0.1, 0.15) is 26.7 Å². The predicted octanol–water partition coefficient (Wildman–Crippen LogP) is 1.44. The maximum atomic E-state index is 5.51. The van der Waals surface area contributed by atoms with Crippen LogP contribution in [0, 0.1) is 0 Å². The summed E-state index contributed by atoms with van der Waals surface area (Å²) in [4.78, 5) is 0. The SMILES string of the molecule is CCCCOCCOCC(COC)NCC. The fourth-order valence-electron chi connectivity index (χ4n) is 1.35. The summed E-state index contributed by atoms with van der Waals surface area (Å²) in [6.45, 7) is 8.73. The highest BCUT2D eigenvalue weighted by Crippen LogP contribution is 1.90. The Balaban J connectivity index is 3.25. The average Bonchev–Trinajstić information content (AvgIpc) is 2.28. The van der Waals surface area contributed by atoms with Gasteiger partial charge in [0.15, 0.2) is 0 Å². The molecule has 0 rings (SSSR count). The molecule has 0 heterocycles. The van der Waals surface area contributed by atoms with Crippen LogP contribution in [0.25, 0.3) is 0 Å². The molecule has 0 saturated carbocycles. The van der Waals surface area contributed by atoms with Gasteiger partial charge in [0.25, 0.3) is 0 Å². The van der Waals surface area contributed by atoms with Gasteiger partial charge in [0.2, 0.25) is 0 Å². The van der Waals surface area contributed by atoms with Crippen molar-refractivity contribution in [2.75, 3.05) is 46.7 Å². The van der Waals surface area contributed by atoms with Crippen molar-refractivity contribution < 1.29 is 14.2 Å². The van der Waals surface area contributed by atoms with Crippen LogP contribution in [0.5, 0.6) is 0 Å². The van der Waals surface area contributed by atoms with Crippen LogP contribution >= 0.6 is 0 Å². The van der Waals surface area contributed by atoms with Gasteiger partial charge in [-0.3, -0.25) is 0 Å². The van der Waals surface area contributed by atoms with Crippen molar-refractivity contribution in [1.29, 1.82) is 0 Å². The van der Waals surface area contributed by atoms with E-state index in [9.17, 15) is 0 Å². The number of methoxy groups -OCH3 is 1. The smallest absolute Gasteiger partial charge is 0.0701 e. The first kappa shape index (κ1) is 15.8. The molecule has 0 fully saturated rings. The lowest BCUT2D eigenvalue weighted by Crippen LogP contribution is -2.37. The van der Waals surface area contributed by atoms with E-state index in [0.29, 0.717) is 26.4 Å². The molecule has 0 saturated heterocycles. The average molecular weight is 233 g/mol. The van der Waals surface area contributed by atoms with Crippen LogP contribution in [-0.2, 0) is 14.2 Å². The minimum absolute atomic E-state index is 0.283. The first-order valence-electron chi connectivity index (χ1n) is 6.22. The van der Waals surface area contributed by atoms with Crippen molar-refractivity contribution in [1.82, 2.24) is 5.32 Å². The molecule has 0 radical (unpaired) electrons. The minimum Gasteiger partial charge on any atom is -0.383 e. The number of unbranched alkanes of at least 4 members (excludes halogenated alkanes) is 1. The molecule has 4 heteroatoms.